The highest BCUT2D eigenvalue weighted by molar-refractivity contribution is 7.02. The molecule has 2 rings (SSSR count). The summed E-state index contributed by atoms with van der Waals surface area (Å²) in [6.45, 7) is 2.61. The molecule has 0 bridgehead atoms. The van der Waals surface area contributed by atoms with Crippen molar-refractivity contribution in [2.75, 3.05) is 19.7 Å². The van der Waals surface area contributed by atoms with Gasteiger partial charge in [0.05, 0.1) is 12.7 Å². The van der Waals surface area contributed by atoms with Crippen LogP contribution in [0.25, 0.3) is 0 Å². The van der Waals surface area contributed by atoms with Gasteiger partial charge in [-0.05, 0) is 6.42 Å². The smallest absolute Gasteiger partial charge is 0.323 e. The van der Waals surface area contributed by atoms with Crippen molar-refractivity contribution in [1.29, 1.82) is 0 Å². The van der Waals surface area contributed by atoms with E-state index in [0.717, 1.165) is 49.9 Å². The fourth-order valence-corrected chi connectivity index (χ4v) is 1.96. The third-order valence-electron chi connectivity index (χ3n) is 2.19. The van der Waals surface area contributed by atoms with Crippen molar-refractivity contribution >= 4 is 11.5 Å². The number of hydrogen-bond donors (Lipinski definition) is 2. The minimum absolute atomic E-state index is 0.0808. The first-order valence-electron chi connectivity index (χ1n) is 4.72. The van der Waals surface area contributed by atoms with E-state index in [1.54, 1.807) is 0 Å². The normalized spacial score (nSPS) is 22.4. The number of ether oxygens (including phenoxy) is 1. The molecule has 14 heavy (non-hydrogen) atoms. The molecule has 1 saturated heterocycles. The molecule has 1 aromatic heterocycles. The zero-order chi connectivity index (χ0) is 9.80. The summed E-state index contributed by atoms with van der Waals surface area (Å²) in [4.78, 5) is 13.4. The predicted molar refractivity (Wildman–Crippen MR) is 53.7 cm³/mol. The van der Waals surface area contributed by atoms with Crippen LogP contribution in [0.3, 0.4) is 0 Å². The van der Waals surface area contributed by atoms with E-state index in [1.807, 2.05) is 0 Å². The summed E-state index contributed by atoms with van der Waals surface area (Å²) < 4.78 is 9.53. The Morgan fingerprint density at radius 3 is 3.21 bits per heavy atom. The Balaban J connectivity index is 1.78. The lowest BCUT2D eigenvalue weighted by molar-refractivity contribution is 0.0236. The topological polar surface area (TPSA) is 67.0 Å². The minimum atomic E-state index is -0.0808. The number of hydrogen-bond acceptors (Lipinski definition) is 5. The van der Waals surface area contributed by atoms with Crippen molar-refractivity contribution in [2.45, 2.75) is 18.9 Å². The first-order valence-corrected chi connectivity index (χ1v) is 5.49. The van der Waals surface area contributed by atoms with E-state index in [4.69, 9.17) is 4.74 Å². The van der Waals surface area contributed by atoms with Crippen molar-refractivity contribution < 1.29 is 4.74 Å². The number of aromatic amines is 1. The number of nitrogens with one attached hydrogen (secondary N) is 2. The molecule has 2 heterocycles. The van der Waals surface area contributed by atoms with Gasteiger partial charge in [0.15, 0.2) is 0 Å². The fourth-order valence-electron chi connectivity index (χ4n) is 1.47. The van der Waals surface area contributed by atoms with Gasteiger partial charge in [-0.15, -0.1) is 0 Å². The van der Waals surface area contributed by atoms with E-state index < -0.39 is 0 Å². The Morgan fingerprint density at radius 2 is 2.57 bits per heavy atom. The van der Waals surface area contributed by atoms with Crippen LogP contribution >= 0.6 is 11.5 Å². The molecule has 0 radical (unpaired) electrons. The van der Waals surface area contributed by atoms with Gasteiger partial charge in [-0.25, -0.2) is 0 Å². The lowest BCUT2D eigenvalue weighted by atomic mass is 10.2. The summed E-state index contributed by atoms with van der Waals surface area (Å²) in [5, 5.41) is 3.26. The number of morpholine rings is 1. The van der Waals surface area contributed by atoms with Crippen LogP contribution < -0.4 is 10.2 Å². The van der Waals surface area contributed by atoms with E-state index in [2.05, 4.69) is 14.7 Å². The molecule has 0 saturated carbocycles. The van der Waals surface area contributed by atoms with Gasteiger partial charge in [0.2, 0.25) is 0 Å². The molecule has 1 aliphatic heterocycles. The monoisotopic (exact) mass is 215 g/mol. The van der Waals surface area contributed by atoms with E-state index in [-0.39, 0.29) is 11.0 Å². The molecule has 5 nitrogen and oxygen atoms in total. The van der Waals surface area contributed by atoms with Gasteiger partial charge in [0.1, 0.15) is 5.82 Å². The third-order valence-corrected chi connectivity index (χ3v) is 2.77. The van der Waals surface area contributed by atoms with E-state index in [1.165, 1.54) is 0 Å². The maximum absolute atomic E-state index is 10.8. The summed E-state index contributed by atoms with van der Waals surface area (Å²) in [6.07, 6.45) is 1.95. The first kappa shape index (κ1) is 9.82. The SMILES string of the molecule is O=c1[nH]c(CCC2CNCCO2)ns1. The van der Waals surface area contributed by atoms with E-state index in [9.17, 15) is 4.79 Å². The zero-order valence-electron chi connectivity index (χ0n) is 7.78. The highest BCUT2D eigenvalue weighted by Crippen LogP contribution is 2.05. The highest BCUT2D eigenvalue weighted by atomic mass is 32.1. The Morgan fingerprint density at radius 1 is 1.64 bits per heavy atom. The van der Waals surface area contributed by atoms with Crippen LogP contribution in [0.4, 0.5) is 0 Å². The van der Waals surface area contributed by atoms with Crippen LogP contribution in [-0.4, -0.2) is 35.2 Å². The second-order valence-electron chi connectivity index (χ2n) is 3.28. The number of nitrogens with zero attached hydrogens (tertiary/aromatic N) is 1. The summed E-state index contributed by atoms with van der Waals surface area (Å²) >= 11 is 0.973. The van der Waals surface area contributed by atoms with E-state index in [0.29, 0.717) is 0 Å². The summed E-state index contributed by atoms with van der Waals surface area (Å²) in [5.41, 5.74) is 0. The maximum Gasteiger partial charge on any atom is 0.323 e. The van der Waals surface area contributed by atoms with Gasteiger partial charge in [-0.1, -0.05) is 0 Å². The largest absolute Gasteiger partial charge is 0.376 e. The predicted octanol–water partition coefficient (Wildman–Crippen LogP) is -0.248. The van der Waals surface area contributed by atoms with Gasteiger partial charge in [-0.2, -0.15) is 4.37 Å². The molecule has 1 atom stereocenters. The molecular formula is C8H13N3O2S. The molecule has 0 spiro atoms. The van der Waals surface area contributed by atoms with Crippen LogP contribution in [0, 0.1) is 0 Å². The van der Waals surface area contributed by atoms with Crippen molar-refractivity contribution in [1.82, 2.24) is 14.7 Å². The molecule has 1 aliphatic rings. The molecule has 78 valence electrons. The molecule has 1 fully saturated rings. The second kappa shape index (κ2) is 4.68. The second-order valence-corrected chi connectivity index (χ2v) is 4.01. The van der Waals surface area contributed by atoms with Crippen molar-refractivity contribution in [3.63, 3.8) is 0 Å². The Hall–Kier alpha value is -0.720. The highest BCUT2D eigenvalue weighted by Gasteiger charge is 2.13. The van der Waals surface area contributed by atoms with Crippen LogP contribution in [0.2, 0.25) is 0 Å². The quantitative estimate of drug-likeness (QED) is 0.730. The molecular weight excluding hydrogens is 202 g/mol. The molecule has 0 amide bonds. The summed E-state index contributed by atoms with van der Waals surface area (Å²) in [5.74, 6) is 0.772. The Kier molecular flexibility index (Phi) is 3.28. The molecule has 0 aliphatic carbocycles. The summed E-state index contributed by atoms with van der Waals surface area (Å²) in [6, 6.07) is 0. The number of aromatic nitrogens is 2. The van der Waals surface area contributed by atoms with Gasteiger partial charge in [0.25, 0.3) is 0 Å². The average Bonchev–Trinajstić information content (AvgIpc) is 2.63. The number of rotatable bonds is 3. The van der Waals surface area contributed by atoms with Gasteiger partial charge < -0.3 is 10.1 Å². The fraction of sp³-hybridized carbons (Fsp3) is 0.750. The Bertz CT molecular complexity index is 329. The van der Waals surface area contributed by atoms with E-state index >= 15 is 0 Å². The first-order chi connectivity index (χ1) is 6.84. The molecule has 2 N–H and O–H groups in total. The summed E-state index contributed by atoms with van der Waals surface area (Å²) in [7, 11) is 0. The number of aryl methyl sites for hydroxylation is 1. The van der Waals surface area contributed by atoms with Gasteiger partial charge in [-0.3, -0.25) is 9.78 Å². The lowest BCUT2D eigenvalue weighted by Gasteiger charge is -2.22. The Labute approximate surface area is 85.7 Å². The zero-order valence-corrected chi connectivity index (χ0v) is 8.60. The molecule has 0 aromatic carbocycles. The van der Waals surface area contributed by atoms with Gasteiger partial charge >= 0.3 is 4.87 Å². The van der Waals surface area contributed by atoms with Crippen LogP contribution in [0.15, 0.2) is 4.79 Å². The van der Waals surface area contributed by atoms with Crippen LogP contribution in [0.1, 0.15) is 12.2 Å². The lowest BCUT2D eigenvalue weighted by Crippen LogP contribution is -2.38. The van der Waals surface area contributed by atoms with Crippen molar-refractivity contribution in [2.24, 2.45) is 0 Å². The average molecular weight is 215 g/mol. The van der Waals surface area contributed by atoms with Crippen molar-refractivity contribution in [3.8, 4) is 0 Å². The van der Waals surface area contributed by atoms with Crippen molar-refractivity contribution in [3.05, 3.63) is 15.5 Å². The van der Waals surface area contributed by atoms with Crippen LogP contribution in [0.5, 0.6) is 0 Å². The molecule has 1 unspecified atom stereocenters. The molecule has 1 aromatic rings. The molecule has 6 heteroatoms. The minimum Gasteiger partial charge on any atom is -0.376 e. The van der Waals surface area contributed by atoms with Crippen LogP contribution in [-0.2, 0) is 11.2 Å². The third kappa shape index (κ3) is 2.63. The van der Waals surface area contributed by atoms with Gasteiger partial charge in [0, 0.05) is 31.0 Å². The number of H-pyrrole nitrogens is 1. The maximum atomic E-state index is 10.8. The standard InChI is InChI=1S/C8H13N3O2S/c12-8-10-7(11-14-8)2-1-6-5-9-3-4-13-6/h6,9H,1-5H2,(H,10,11,12).